The van der Waals surface area contributed by atoms with E-state index in [0.717, 1.165) is 68.3 Å². The number of nitrogens with zero attached hydrogens (tertiary/aromatic N) is 7. The minimum absolute atomic E-state index is 0.0608. The van der Waals surface area contributed by atoms with Crippen molar-refractivity contribution >= 4 is 46.7 Å². The van der Waals surface area contributed by atoms with E-state index < -0.39 is 35.6 Å². The summed E-state index contributed by atoms with van der Waals surface area (Å²) in [7, 11) is 0. The molecule has 0 aliphatic carbocycles. The van der Waals surface area contributed by atoms with Crippen molar-refractivity contribution in [3.63, 3.8) is 0 Å². The number of nitrogens with two attached hydrogens (primary N) is 1. The van der Waals surface area contributed by atoms with Gasteiger partial charge < -0.3 is 25.8 Å². The van der Waals surface area contributed by atoms with Gasteiger partial charge in [0.2, 0.25) is 17.6 Å². The number of rotatable bonds is 9. The van der Waals surface area contributed by atoms with Gasteiger partial charge in [-0.05, 0) is 86.5 Å². The molecule has 0 saturated carbocycles. The summed E-state index contributed by atoms with van der Waals surface area (Å²) < 4.78 is 0. The molecule has 5 amide bonds. The van der Waals surface area contributed by atoms with E-state index in [9.17, 15) is 24.0 Å². The Labute approximate surface area is 298 Å². The van der Waals surface area contributed by atoms with Gasteiger partial charge >= 0.3 is 0 Å². The van der Waals surface area contributed by atoms with Crippen LogP contribution in [0.2, 0.25) is 0 Å². The van der Waals surface area contributed by atoms with E-state index in [1.807, 2.05) is 18.2 Å². The molecule has 4 aliphatic rings. The molecule has 2 aromatic heterocycles. The third kappa shape index (κ3) is 6.36. The van der Waals surface area contributed by atoms with E-state index in [-0.39, 0.29) is 30.2 Å². The van der Waals surface area contributed by atoms with Gasteiger partial charge in [0.1, 0.15) is 6.04 Å². The highest BCUT2D eigenvalue weighted by atomic mass is 16.2. The molecule has 4 aromatic rings. The maximum absolute atomic E-state index is 13.3. The normalized spacial score (nSPS) is 21.1. The highest BCUT2D eigenvalue weighted by Crippen LogP contribution is 2.34. The van der Waals surface area contributed by atoms with Crippen LogP contribution in [0.4, 0.5) is 17.2 Å². The Morgan fingerprint density at radius 1 is 0.923 bits per heavy atom. The lowest BCUT2D eigenvalue weighted by Crippen LogP contribution is -2.54. The van der Waals surface area contributed by atoms with Gasteiger partial charge in [-0.15, -0.1) is 10.2 Å². The van der Waals surface area contributed by atoms with Gasteiger partial charge in [-0.2, -0.15) is 0 Å². The van der Waals surface area contributed by atoms with Gasteiger partial charge in [-0.25, -0.2) is 9.97 Å². The molecule has 0 bridgehead atoms. The number of imidazole rings is 1. The van der Waals surface area contributed by atoms with E-state index in [1.165, 1.54) is 5.56 Å². The molecule has 6 heterocycles. The number of piperidine rings is 2. The van der Waals surface area contributed by atoms with E-state index in [0.29, 0.717) is 28.8 Å². The number of nitrogens with one attached hydrogen (secondary N) is 3. The van der Waals surface area contributed by atoms with E-state index in [2.05, 4.69) is 57.7 Å². The molecule has 4 aliphatic heterocycles. The first kappa shape index (κ1) is 33.1. The predicted molar refractivity (Wildman–Crippen MR) is 187 cm³/mol. The van der Waals surface area contributed by atoms with E-state index >= 15 is 0 Å². The van der Waals surface area contributed by atoms with Crippen LogP contribution in [-0.4, -0.2) is 103 Å². The number of likely N-dealkylation sites (tertiary alicyclic amines) is 1. The van der Waals surface area contributed by atoms with Gasteiger partial charge in [-0.3, -0.25) is 34.2 Å². The van der Waals surface area contributed by atoms with Crippen molar-refractivity contribution < 1.29 is 24.0 Å². The lowest BCUT2D eigenvalue weighted by atomic mass is 9.89. The zero-order chi connectivity index (χ0) is 35.9. The summed E-state index contributed by atoms with van der Waals surface area (Å²) in [4.78, 5) is 79.7. The minimum atomic E-state index is -0.973. The number of anilines is 3. The molecule has 2 aromatic carbocycles. The summed E-state index contributed by atoms with van der Waals surface area (Å²) in [5.74, 6) is -0.935. The number of benzene rings is 2. The van der Waals surface area contributed by atoms with Crippen LogP contribution in [0.3, 0.4) is 0 Å². The maximum Gasteiger partial charge on any atom is 0.273 e. The molecule has 266 valence electrons. The molecule has 0 spiro atoms. The van der Waals surface area contributed by atoms with Crippen LogP contribution >= 0.6 is 0 Å². The second kappa shape index (κ2) is 13.6. The number of amides is 5. The lowest BCUT2D eigenvalue weighted by Gasteiger charge is -2.34. The summed E-state index contributed by atoms with van der Waals surface area (Å²) in [5.41, 5.74) is 8.95. The fourth-order valence-corrected chi connectivity index (χ4v) is 7.73. The quantitative estimate of drug-likeness (QED) is 0.185. The second-order valence-corrected chi connectivity index (χ2v) is 13.7. The van der Waals surface area contributed by atoms with E-state index in [1.54, 1.807) is 24.5 Å². The molecule has 52 heavy (non-hydrogen) atoms. The Morgan fingerprint density at radius 3 is 2.44 bits per heavy atom. The van der Waals surface area contributed by atoms with Crippen molar-refractivity contribution in [2.24, 2.45) is 11.7 Å². The number of primary amides is 1. The first-order chi connectivity index (χ1) is 25.2. The summed E-state index contributed by atoms with van der Waals surface area (Å²) in [6.07, 6.45) is 6.57. The zero-order valence-corrected chi connectivity index (χ0v) is 28.2. The lowest BCUT2D eigenvalue weighted by molar-refractivity contribution is -0.136. The predicted octanol–water partition coefficient (Wildman–Crippen LogP) is 2.21. The molecule has 16 nitrogen and oxygen atoms in total. The molecule has 3 fully saturated rings. The number of hydrogen-bond donors (Lipinski definition) is 4. The van der Waals surface area contributed by atoms with Crippen LogP contribution in [0.15, 0.2) is 54.9 Å². The fourth-order valence-electron chi connectivity index (χ4n) is 7.73. The van der Waals surface area contributed by atoms with Gasteiger partial charge in [0.25, 0.3) is 17.7 Å². The van der Waals surface area contributed by atoms with Gasteiger partial charge in [0.15, 0.2) is 17.3 Å². The number of fused-ring (bicyclic) bond motifs is 1. The number of carbonyl (C=O) groups excluding carboxylic acids is 5. The van der Waals surface area contributed by atoms with Crippen LogP contribution in [0.5, 0.6) is 0 Å². The van der Waals surface area contributed by atoms with Crippen LogP contribution in [-0.2, 0) is 9.59 Å². The van der Waals surface area contributed by atoms with E-state index in [4.69, 9.17) is 5.73 Å². The number of carbonyl (C=O) groups is 5. The molecule has 2 atom stereocenters. The van der Waals surface area contributed by atoms with Gasteiger partial charge in [0, 0.05) is 49.8 Å². The van der Waals surface area contributed by atoms with Gasteiger partial charge in [0.05, 0.1) is 11.1 Å². The smallest absolute Gasteiger partial charge is 0.273 e. The average Bonchev–Trinajstić information content (AvgIpc) is 3.90. The molecular formula is C36H37N11O5. The molecule has 5 N–H and O–H groups in total. The Balaban J connectivity index is 0.841. The summed E-state index contributed by atoms with van der Waals surface area (Å²) in [5, 5.41) is 13.3. The first-order valence-corrected chi connectivity index (χ1v) is 17.5. The molecule has 2 unspecified atom stereocenters. The average molecular weight is 704 g/mol. The molecule has 8 rings (SSSR count). The number of imide groups is 2. The van der Waals surface area contributed by atoms with Crippen molar-refractivity contribution in [2.45, 2.75) is 44.1 Å². The zero-order valence-electron chi connectivity index (χ0n) is 28.2. The third-order valence-electron chi connectivity index (χ3n) is 10.5. The highest BCUT2D eigenvalue weighted by Gasteiger charge is 2.45. The van der Waals surface area contributed by atoms with Crippen molar-refractivity contribution in [3.8, 4) is 11.6 Å². The van der Waals surface area contributed by atoms with Crippen LogP contribution < -0.4 is 21.3 Å². The molecule has 0 radical (unpaired) electrons. The summed E-state index contributed by atoms with van der Waals surface area (Å²) in [6, 6.07) is 12.5. The SMILES string of the molecule is NC(=O)c1nnc(-c2ncc[nH]2)nc1Nc1ccc(C2CCN(CC3CCN(c4ccc5c(c4)C(=O)N(C4CCC(=O)NC4=O)C5=O)C3)CC2)cc1. The minimum Gasteiger partial charge on any atom is -0.371 e. The number of H-pyrrole nitrogens is 1. The number of aromatic amines is 1. The Kier molecular flexibility index (Phi) is 8.66. The largest absolute Gasteiger partial charge is 0.371 e. The highest BCUT2D eigenvalue weighted by molar-refractivity contribution is 6.23. The molecule has 16 heteroatoms. The Morgan fingerprint density at radius 2 is 1.71 bits per heavy atom. The molecule has 3 saturated heterocycles. The standard InChI is InChI=1S/C36H37N11O5/c37-30(49)29-31(42-33(44-43-29)32-38-12-13-39-32)40-23-3-1-21(2-4-23)22-10-14-45(15-11-22)18-20-9-16-46(19-20)24-5-6-25-26(17-24)36(52)47(35(25)51)27-7-8-28(48)41-34(27)50/h1-6,12-13,17,20,22,27H,7-11,14-16,18-19H2,(H2,37,49)(H,38,39)(H,40,42,44)(H,41,48,50). The van der Waals surface area contributed by atoms with Crippen LogP contribution in [0, 0.1) is 5.92 Å². The Hall–Kier alpha value is -6.03. The second-order valence-electron chi connectivity index (χ2n) is 13.7. The van der Waals surface area contributed by atoms with Crippen LogP contribution in [0.25, 0.3) is 11.6 Å². The van der Waals surface area contributed by atoms with Crippen molar-refractivity contribution in [3.05, 3.63) is 77.2 Å². The summed E-state index contributed by atoms with van der Waals surface area (Å²) in [6.45, 7) is 4.70. The molecular weight excluding hydrogens is 666 g/mol. The third-order valence-corrected chi connectivity index (χ3v) is 10.5. The monoisotopic (exact) mass is 703 g/mol. The maximum atomic E-state index is 13.3. The van der Waals surface area contributed by atoms with Gasteiger partial charge in [-0.1, -0.05) is 12.1 Å². The topological polar surface area (TPSA) is 212 Å². The van der Waals surface area contributed by atoms with Crippen LogP contribution in [0.1, 0.15) is 74.8 Å². The summed E-state index contributed by atoms with van der Waals surface area (Å²) >= 11 is 0. The van der Waals surface area contributed by atoms with Crippen molar-refractivity contribution in [1.29, 1.82) is 0 Å². The van der Waals surface area contributed by atoms with Crippen molar-refractivity contribution in [1.82, 2.24) is 40.3 Å². The number of hydrogen-bond acceptors (Lipinski definition) is 12. The van der Waals surface area contributed by atoms with Crippen molar-refractivity contribution in [2.75, 3.05) is 42.9 Å². The number of aromatic nitrogens is 5. The fraction of sp³-hybridized carbons (Fsp3) is 0.361. The Bertz CT molecular complexity index is 2060. The first-order valence-electron chi connectivity index (χ1n) is 17.5.